The number of carbonyl (C=O) groups is 1. The predicted octanol–water partition coefficient (Wildman–Crippen LogP) is 1.94. The summed E-state index contributed by atoms with van der Waals surface area (Å²) in [7, 11) is 5.32. The van der Waals surface area contributed by atoms with Crippen LogP contribution in [0.1, 0.15) is 6.92 Å². The van der Waals surface area contributed by atoms with E-state index in [1.54, 1.807) is 6.92 Å². The lowest BCUT2D eigenvalue weighted by Gasteiger charge is -2.15. The molecule has 0 aliphatic heterocycles. The molecule has 0 aromatic heterocycles. The van der Waals surface area contributed by atoms with Crippen LogP contribution in [0.3, 0.4) is 0 Å². The molecule has 0 saturated heterocycles. The first-order valence-corrected chi connectivity index (χ1v) is 5.52. The number of ether oxygens (including phenoxy) is 2. The Morgan fingerprint density at radius 1 is 1.41 bits per heavy atom. The van der Waals surface area contributed by atoms with Crippen molar-refractivity contribution in [1.29, 1.82) is 0 Å². The minimum Gasteiger partial charge on any atom is -0.493 e. The zero-order valence-electron chi connectivity index (χ0n) is 10.8. The van der Waals surface area contributed by atoms with Crippen LogP contribution >= 0.6 is 0 Å². The van der Waals surface area contributed by atoms with Gasteiger partial charge in [0.1, 0.15) is 12.4 Å². The van der Waals surface area contributed by atoms with E-state index >= 15 is 0 Å². The summed E-state index contributed by atoms with van der Waals surface area (Å²) in [5.41, 5.74) is 1.06. The summed E-state index contributed by atoms with van der Waals surface area (Å²) in [6, 6.07) is 7.73. The van der Waals surface area contributed by atoms with Crippen molar-refractivity contribution < 1.29 is 14.3 Å². The Balaban J connectivity index is 2.57. The van der Waals surface area contributed by atoms with E-state index in [2.05, 4.69) is 4.74 Å². The molecule has 0 heterocycles. The molecule has 1 aromatic rings. The van der Waals surface area contributed by atoms with E-state index in [1.807, 2.05) is 43.3 Å². The van der Waals surface area contributed by atoms with E-state index in [-0.39, 0.29) is 11.9 Å². The van der Waals surface area contributed by atoms with Crippen molar-refractivity contribution in [3.63, 3.8) is 0 Å². The Labute approximate surface area is 102 Å². The van der Waals surface area contributed by atoms with Crippen molar-refractivity contribution in [2.75, 3.05) is 32.7 Å². The van der Waals surface area contributed by atoms with E-state index in [4.69, 9.17) is 4.74 Å². The first-order chi connectivity index (χ1) is 8.04. The molecule has 0 radical (unpaired) electrons. The van der Waals surface area contributed by atoms with Crippen LogP contribution in [0.4, 0.5) is 5.69 Å². The lowest BCUT2D eigenvalue weighted by Crippen LogP contribution is -2.20. The average Bonchev–Trinajstić information content (AvgIpc) is 2.35. The van der Waals surface area contributed by atoms with Crippen molar-refractivity contribution in [2.45, 2.75) is 6.92 Å². The standard InChI is InChI=1S/C13H19NO3/c1-10(13(15)16-4)9-17-12-7-5-6-11(8-12)14(2)3/h5-8,10H,9H2,1-4H3. The lowest BCUT2D eigenvalue weighted by atomic mass is 10.2. The van der Waals surface area contributed by atoms with Gasteiger partial charge in [0.2, 0.25) is 0 Å². The van der Waals surface area contributed by atoms with Gasteiger partial charge in [0.15, 0.2) is 0 Å². The highest BCUT2D eigenvalue weighted by atomic mass is 16.5. The number of hydrogen-bond donors (Lipinski definition) is 0. The van der Waals surface area contributed by atoms with Crippen molar-refractivity contribution in [3.8, 4) is 5.75 Å². The van der Waals surface area contributed by atoms with Crippen molar-refractivity contribution >= 4 is 11.7 Å². The number of hydrogen-bond acceptors (Lipinski definition) is 4. The summed E-state index contributed by atoms with van der Waals surface area (Å²) >= 11 is 0. The normalized spacial score (nSPS) is 11.8. The molecule has 1 aromatic carbocycles. The highest BCUT2D eigenvalue weighted by molar-refractivity contribution is 5.71. The SMILES string of the molecule is COC(=O)C(C)COc1cccc(N(C)C)c1. The summed E-state index contributed by atoms with van der Waals surface area (Å²) in [5, 5.41) is 0. The highest BCUT2D eigenvalue weighted by Crippen LogP contribution is 2.19. The van der Waals surface area contributed by atoms with E-state index in [9.17, 15) is 4.79 Å². The van der Waals surface area contributed by atoms with Gasteiger partial charge in [0, 0.05) is 25.8 Å². The molecule has 1 atom stereocenters. The van der Waals surface area contributed by atoms with Crippen molar-refractivity contribution in [2.24, 2.45) is 5.92 Å². The van der Waals surface area contributed by atoms with Crippen LogP contribution in [0.5, 0.6) is 5.75 Å². The van der Waals surface area contributed by atoms with Crippen LogP contribution < -0.4 is 9.64 Å². The van der Waals surface area contributed by atoms with Crippen LogP contribution in [0, 0.1) is 5.92 Å². The fraction of sp³-hybridized carbons (Fsp3) is 0.462. The number of methoxy groups -OCH3 is 1. The van der Waals surface area contributed by atoms with E-state index in [0.29, 0.717) is 6.61 Å². The molecule has 4 nitrogen and oxygen atoms in total. The Bertz CT molecular complexity index is 377. The van der Waals surface area contributed by atoms with Crippen molar-refractivity contribution in [1.82, 2.24) is 0 Å². The van der Waals surface area contributed by atoms with Gasteiger partial charge in [-0.3, -0.25) is 4.79 Å². The third-order valence-electron chi connectivity index (χ3n) is 2.44. The molecule has 0 saturated carbocycles. The Morgan fingerprint density at radius 3 is 2.71 bits per heavy atom. The van der Waals surface area contributed by atoms with E-state index in [0.717, 1.165) is 11.4 Å². The Kier molecular flexibility index (Phi) is 4.82. The molecule has 0 fully saturated rings. The quantitative estimate of drug-likeness (QED) is 0.734. The molecule has 0 aliphatic carbocycles. The smallest absolute Gasteiger partial charge is 0.311 e. The summed E-state index contributed by atoms with van der Waals surface area (Å²) in [6.07, 6.45) is 0. The second kappa shape index (κ2) is 6.13. The molecule has 0 spiro atoms. The summed E-state index contributed by atoms with van der Waals surface area (Å²) in [4.78, 5) is 13.2. The molecule has 17 heavy (non-hydrogen) atoms. The first-order valence-electron chi connectivity index (χ1n) is 5.52. The number of carbonyl (C=O) groups excluding carboxylic acids is 1. The molecular weight excluding hydrogens is 218 g/mol. The summed E-state index contributed by atoms with van der Waals surface area (Å²) in [5.74, 6) is 0.240. The maximum atomic E-state index is 11.2. The summed E-state index contributed by atoms with van der Waals surface area (Å²) in [6.45, 7) is 2.10. The van der Waals surface area contributed by atoms with Gasteiger partial charge in [-0.15, -0.1) is 0 Å². The van der Waals surface area contributed by atoms with Crippen LogP contribution in [0.25, 0.3) is 0 Å². The third-order valence-corrected chi connectivity index (χ3v) is 2.44. The van der Waals surface area contributed by atoms with Gasteiger partial charge in [0.25, 0.3) is 0 Å². The van der Waals surface area contributed by atoms with Crippen LogP contribution in [-0.4, -0.2) is 33.8 Å². The molecule has 0 amide bonds. The average molecular weight is 237 g/mol. The lowest BCUT2D eigenvalue weighted by molar-refractivity contribution is -0.145. The number of rotatable bonds is 5. The number of anilines is 1. The molecule has 4 heteroatoms. The Hall–Kier alpha value is -1.71. The number of benzene rings is 1. The topological polar surface area (TPSA) is 38.8 Å². The monoisotopic (exact) mass is 237 g/mol. The second-order valence-electron chi connectivity index (χ2n) is 4.13. The second-order valence-corrected chi connectivity index (χ2v) is 4.13. The van der Waals surface area contributed by atoms with E-state index in [1.165, 1.54) is 7.11 Å². The first kappa shape index (κ1) is 13.4. The minimum atomic E-state index is -0.261. The van der Waals surface area contributed by atoms with Crippen LogP contribution in [0.2, 0.25) is 0 Å². The largest absolute Gasteiger partial charge is 0.493 e. The van der Waals surface area contributed by atoms with Gasteiger partial charge >= 0.3 is 5.97 Å². The predicted molar refractivity (Wildman–Crippen MR) is 67.4 cm³/mol. The fourth-order valence-corrected chi connectivity index (χ4v) is 1.34. The molecule has 0 bridgehead atoms. The molecule has 0 N–H and O–H groups in total. The Morgan fingerprint density at radius 2 is 2.12 bits per heavy atom. The van der Waals surface area contributed by atoms with Gasteiger partial charge in [-0.1, -0.05) is 6.07 Å². The van der Waals surface area contributed by atoms with Crippen molar-refractivity contribution in [3.05, 3.63) is 24.3 Å². The summed E-state index contributed by atoms with van der Waals surface area (Å²) < 4.78 is 10.2. The molecule has 94 valence electrons. The van der Waals surface area contributed by atoms with Gasteiger partial charge < -0.3 is 14.4 Å². The molecular formula is C13H19NO3. The van der Waals surface area contributed by atoms with Gasteiger partial charge in [-0.25, -0.2) is 0 Å². The fourth-order valence-electron chi connectivity index (χ4n) is 1.34. The van der Waals surface area contributed by atoms with Gasteiger partial charge in [-0.2, -0.15) is 0 Å². The van der Waals surface area contributed by atoms with Crippen LogP contribution in [-0.2, 0) is 9.53 Å². The third kappa shape index (κ3) is 3.98. The number of nitrogens with zero attached hydrogens (tertiary/aromatic N) is 1. The molecule has 0 aliphatic rings. The molecule has 1 unspecified atom stereocenters. The van der Waals surface area contributed by atoms with E-state index < -0.39 is 0 Å². The minimum absolute atomic E-state index is 0.256. The zero-order chi connectivity index (χ0) is 12.8. The maximum absolute atomic E-state index is 11.2. The van der Waals surface area contributed by atoms with Crippen LogP contribution in [0.15, 0.2) is 24.3 Å². The maximum Gasteiger partial charge on any atom is 0.311 e. The molecule has 1 rings (SSSR count). The highest BCUT2D eigenvalue weighted by Gasteiger charge is 2.13. The van der Waals surface area contributed by atoms with Gasteiger partial charge in [0.05, 0.1) is 13.0 Å². The number of esters is 1. The van der Waals surface area contributed by atoms with Gasteiger partial charge in [-0.05, 0) is 19.1 Å². The zero-order valence-corrected chi connectivity index (χ0v) is 10.8.